The Hall–Kier alpha value is -1.43. The van der Waals surface area contributed by atoms with Crippen LogP contribution in [0.15, 0.2) is 0 Å². The van der Waals surface area contributed by atoms with Gasteiger partial charge in [0, 0.05) is 0 Å². The van der Waals surface area contributed by atoms with Gasteiger partial charge >= 0.3 is 11.9 Å². The summed E-state index contributed by atoms with van der Waals surface area (Å²) in [5.74, 6) is -3.17. The highest BCUT2D eigenvalue weighted by atomic mass is 16.6. The van der Waals surface area contributed by atoms with Crippen molar-refractivity contribution in [2.24, 2.45) is 5.92 Å². The van der Waals surface area contributed by atoms with Crippen molar-refractivity contribution >= 4 is 17.7 Å². The molecule has 2 atom stereocenters. The van der Waals surface area contributed by atoms with Gasteiger partial charge in [-0.15, -0.1) is 0 Å². The second-order valence-corrected chi connectivity index (χ2v) is 2.72. The van der Waals surface area contributed by atoms with E-state index in [1.807, 2.05) is 0 Å². The topological polar surface area (TPSA) is 78.9 Å². The van der Waals surface area contributed by atoms with Gasteiger partial charge < -0.3 is 14.2 Å². The minimum Gasteiger partial charge on any atom is -0.468 e. The van der Waals surface area contributed by atoms with Crippen LogP contribution in [0.25, 0.3) is 0 Å². The molecular weight excluding hydrogens is 192 g/mol. The van der Waals surface area contributed by atoms with Crippen LogP contribution >= 0.6 is 0 Å². The first-order chi connectivity index (χ1) is 6.61. The monoisotopic (exact) mass is 202 g/mol. The second-order valence-electron chi connectivity index (χ2n) is 2.72. The zero-order valence-corrected chi connectivity index (χ0v) is 7.81. The zero-order chi connectivity index (χ0) is 10.7. The lowest BCUT2D eigenvalue weighted by molar-refractivity contribution is -0.161. The molecule has 0 amide bonds. The first kappa shape index (κ1) is 10.6. The summed E-state index contributed by atoms with van der Waals surface area (Å²) in [6.07, 6.45) is -1.17. The van der Waals surface area contributed by atoms with Crippen LogP contribution in [0.4, 0.5) is 0 Å². The lowest BCUT2D eigenvalue weighted by Crippen LogP contribution is -2.36. The Morgan fingerprint density at radius 1 is 1.29 bits per heavy atom. The van der Waals surface area contributed by atoms with E-state index in [-0.39, 0.29) is 6.61 Å². The Morgan fingerprint density at radius 2 is 1.86 bits per heavy atom. The van der Waals surface area contributed by atoms with Crippen LogP contribution in [0, 0.1) is 5.92 Å². The molecule has 78 valence electrons. The van der Waals surface area contributed by atoms with Crippen molar-refractivity contribution in [3.8, 4) is 0 Å². The second kappa shape index (κ2) is 4.19. The standard InChI is InChI=1S/C8H10O6/c1-12-7(10)5-4(9)3-14-6(5)8(11)13-2/h5-6H,3H2,1-2H3. The molecule has 0 N–H and O–H groups in total. The molecule has 0 aromatic rings. The highest BCUT2D eigenvalue weighted by Gasteiger charge is 2.46. The first-order valence-corrected chi connectivity index (χ1v) is 3.91. The Balaban J connectivity index is 2.81. The van der Waals surface area contributed by atoms with E-state index in [2.05, 4.69) is 9.47 Å². The zero-order valence-electron chi connectivity index (χ0n) is 7.81. The fourth-order valence-electron chi connectivity index (χ4n) is 1.23. The van der Waals surface area contributed by atoms with Crippen LogP contribution in [-0.4, -0.2) is 44.7 Å². The van der Waals surface area contributed by atoms with Gasteiger partial charge in [0.25, 0.3) is 0 Å². The SMILES string of the molecule is COC(=O)C1OCC(=O)C1C(=O)OC. The maximum atomic E-state index is 11.2. The van der Waals surface area contributed by atoms with Gasteiger partial charge in [0.05, 0.1) is 14.2 Å². The Morgan fingerprint density at radius 3 is 2.36 bits per heavy atom. The molecule has 1 fully saturated rings. The van der Waals surface area contributed by atoms with Crippen molar-refractivity contribution in [1.82, 2.24) is 0 Å². The number of Topliss-reactive ketones (excluding diaryl/α,β-unsaturated/α-hetero) is 1. The van der Waals surface area contributed by atoms with Gasteiger partial charge in [0.1, 0.15) is 6.61 Å². The van der Waals surface area contributed by atoms with Crippen molar-refractivity contribution in [3.05, 3.63) is 0 Å². The average molecular weight is 202 g/mol. The van der Waals surface area contributed by atoms with Crippen molar-refractivity contribution in [1.29, 1.82) is 0 Å². The van der Waals surface area contributed by atoms with Crippen molar-refractivity contribution in [3.63, 3.8) is 0 Å². The Kier molecular flexibility index (Phi) is 3.19. The first-order valence-electron chi connectivity index (χ1n) is 3.91. The summed E-state index contributed by atoms with van der Waals surface area (Å²) in [5, 5.41) is 0. The minimum absolute atomic E-state index is 0.264. The molecule has 0 aliphatic carbocycles. The highest BCUT2D eigenvalue weighted by molar-refractivity contribution is 6.05. The van der Waals surface area contributed by atoms with Gasteiger partial charge in [-0.2, -0.15) is 0 Å². The summed E-state index contributed by atoms with van der Waals surface area (Å²) in [5.41, 5.74) is 0. The summed E-state index contributed by atoms with van der Waals surface area (Å²) in [4.78, 5) is 33.4. The molecular formula is C8H10O6. The Bertz CT molecular complexity index is 271. The molecule has 1 aliphatic rings. The van der Waals surface area contributed by atoms with Gasteiger partial charge in [0.15, 0.2) is 17.8 Å². The molecule has 6 heteroatoms. The van der Waals surface area contributed by atoms with Crippen LogP contribution in [0.3, 0.4) is 0 Å². The average Bonchev–Trinajstić information content (AvgIpc) is 2.58. The molecule has 1 saturated heterocycles. The third-order valence-corrected chi connectivity index (χ3v) is 1.94. The van der Waals surface area contributed by atoms with E-state index >= 15 is 0 Å². The van der Waals surface area contributed by atoms with E-state index in [4.69, 9.17) is 4.74 Å². The molecule has 2 unspecified atom stereocenters. The largest absolute Gasteiger partial charge is 0.468 e. The van der Waals surface area contributed by atoms with Crippen LogP contribution in [-0.2, 0) is 28.6 Å². The molecule has 0 aromatic heterocycles. The van der Waals surface area contributed by atoms with Crippen molar-refractivity contribution in [2.45, 2.75) is 6.10 Å². The highest BCUT2D eigenvalue weighted by Crippen LogP contribution is 2.20. The molecule has 14 heavy (non-hydrogen) atoms. The normalized spacial score (nSPS) is 26.0. The van der Waals surface area contributed by atoms with E-state index in [0.717, 1.165) is 14.2 Å². The molecule has 1 rings (SSSR count). The van der Waals surface area contributed by atoms with Crippen LogP contribution in [0.2, 0.25) is 0 Å². The number of ketones is 1. The number of methoxy groups -OCH3 is 2. The minimum atomic E-state index is -1.19. The number of esters is 2. The number of carbonyl (C=O) groups is 3. The van der Waals surface area contributed by atoms with Crippen LogP contribution in [0.1, 0.15) is 0 Å². The molecule has 0 bridgehead atoms. The van der Waals surface area contributed by atoms with E-state index in [1.54, 1.807) is 0 Å². The summed E-state index contributed by atoms with van der Waals surface area (Å²) in [6, 6.07) is 0. The summed E-state index contributed by atoms with van der Waals surface area (Å²) in [6.45, 7) is -0.264. The van der Waals surface area contributed by atoms with E-state index < -0.39 is 29.7 Å². The molecule has 6 nitrogen and oxygen atoms in total. The maximum Gasteiger partial charge on any atom is 0.336 e. The molecule has 0 aromatic carbocycles. The number of ether oxygens (including phenoxy) is 3. The van der Waals surface area contributed by atoms with Gasteiger partial charge in [-0.1, -0.05) is 0 Å². The van der Waals surface area contributed by atoms with Gasteiger partial charge in [-0.25, -0.2) is 4.79 Å². The molecule has 1 aliphatic heterocycles. The predicted molar refractivity (Wildman–Crippen MR) is 42.3 cm³/mol. The summed E-state index contributed by atoms with van der Waals surface area (Å²) >= 11 is 0. The van der Waals surface area contributed by atoms with Crippen molar-refractivity contribution < 1.29 is 28.6 Å². The summed E-state index contributed by atoms with van der Waals surface area (Å²) < 4.78 is 13.6. The van der Waals surface area contributed by atoms with Gasteiger partial charge in [0.2, 0.25) is 0 Å². The maximum absolute atomic E-state index is 11.2. The van der Waals surface area contributed by atoms with E-state index in [1.165, 1.54) is 0 Å². The summed E-state index contributed by atoms with van der Waals surface area (Å²) in [7, 11) is 2.30. The molecule has 0 spiro atoms. The number of rotatable bonds is 2. The third kappa shape index (κ3) is 1.74. The third-order valence-electron chi connectivity index (χ3n) is 1.94. The lowest BCUT2D eigenvalue weighted by atomic mass is 10.0. The quantitative estimate of drug-likeness (QED) is 0.418. The van der Waals surface area contributed by atoms with E-state index in [9.17, 15) is 14.4 Å². The van der Waals surface area contributed by atoms with Gasteiger partial charge in [-0.05, 0) is 0 Å². The number of hydrogen-bond donors (Lipinski definition) is 0. The molecule has 0 saturated carbocycles. The fraction of sp³-hybridized carbons (Fsp3) is 0.625. The molecule has 0 radical (unpaired) electrons. The van der Waals surface area contributed by atoms with Crippen molar-refractivity contribution in [2.75, 3.05) is 20.8 Å². The van der Waals surface area contributed by atoms with Crippen LogP contribution in [0.5, 0.6) is 0 Å². The number of hydrogen-bond acceptors (Lipinski definition) is 6. The van der Waals surface area contributed by atoms with Gasteiger partial charge in [-0.3, -0.25) is 9.59 Å². The number of carbonyl (C=O) groups excluding carboxylic acids is 3. The smallest absolute Gasteiger partial charge is 0.336 e. The Labute approximate surface area is 80.1 Å². The fourth-order valence-corrected chi connectivity index (χ4v) is 1.23. The predicted octanol–water partition coefficient (Wildman–Crippen LogP) is -1.08. The van der Waals surface area contributed by atoms with Crippen LogP contribution < -0.4 is 0 Å². The molecule has 1 heterocycles. The van der Waals surface area contributed by atoms with E-state index in [0.29, 0.717) is 0 Å². The lowest BCUT2D eigenvalue weighted by Gasteiger charge is -2.12.